The fraction of sp³-hybridized carbons (Fsp3) is 0.462. The van der Waals surface area contributed by atoms with E-state index >= 15 is 0 Å². The smallest absolute Gasteiger partial charge is 0.249 e. The molecule has 164 valence electrons. The predicted octanol–water partition coefficient (Wildman–Crippen LogP) is 4.23. The van der Waals surface area contributed by atoms with Crippen LogP contribution < -0.4 is 5.32 Å². The Labute approximate surface area is 185 Å². The van der Waals surface area contributed by atoms with Gasteiger partial charge in [0, 0.05) is 25.9 Å². The zero-order valence-corrected chi connectivity index (χ0v) is 18.4. The van der Waals surface area contributed by atoms with Crippen LogP contribution in [0.15, 0.2) is 60.3 Å². The molecule has 2 fully saturated rings. The lowest BCUT2D eigenvalue weighted by atomic mass is 9.88. The topological polar surface area (TPSA) is 54.5 Å². The third-order valence-electron chi connectivity index (χ3n) is 6.23. The Balaban J connectivity index is 1.44. The molecule has 2 aliphatic heterocycles. The van der Waals surface area contributed by atoms with E-state index < -0.39 is 0 Å². The molecule has 3 atom stereocenters. The quantitative estimate of drug-likeness (QED) is 0.730. The number of pyridine rings is 1. The van der Waals surface area contributed by atoms with Gasteiger partial charge in [0.2, 0.25) is 5.91 Å². The summed E-state index contributed by atoms with van der Waals surface area (Å²) in [4.78, 5) is 19.9. The van der Waals surface area contributed by atoms with Gasteiger partial charge in [-0.15, -0.1) is 0 Å². The number of benzene rings is 1. The van der Waals surface area contributed by atoms with Crippen molar-refractivity contribution in [3.05, 3.63) is 71.6 Å². The number of carbonyl (C=O) groups is 1. The largest absolute Gasteiger partial charge is 0.368 e. The van der Waals surface area contributed by atoms with Gasteiger partial charge in [-0.2, -0.15) is 0 Å². The van der Waals surface area contributed by atoms with Crippen LogP contribution in [0, 0.1) is 5.92 Å². The van der Waals surface area contributed by atoms with Gasteiger partial charge in [0.05, 0.1) is 11.7 Å². The van der Waals surface area contributed by atoms with Crippen molar-refractivity contribution in [2.24, 2.45) is 5.92 Å². The van der Waals surface area contributed by atoms with Crippen molar-refractivity contribution in [1.82, 2.24) is 15.2 Å². The lowest BCUT2D eigenvalue weighted by molar-refractivity contribution is -0.131. The van der Waals surface area contributed by atoms with E-state index in [0.717, 1.165) is 51.0 Å². The first-order valence-corrected chi connectivity index (χ1v) is 11.5. The van der Waals surface area contributed by atoms with Gasteiger partial charge in [0.1, 0.15) is 6.10 Å². The Bertz CT molecular complexity index is 863. The van der Waals surface area contributed by atoms with E-state index in [-0.39, 0.29) is 18.1 Å². The van der Waals surface area contributed by atoms with Crippen molar-refractivity contribution in [3.63, 3.8) is 0 Å². The summed E-state index contributed by atoms with van der Waals surface area (Å²) < 4.78 is 5.62. The first-order chi connectivity index (χ1) is 15.2. The van der Waals surface area contributed by atoms with Crippen LogP contribution in [-0.4, -0.2) is 48.1 Å². The minimum atomic E-state index is -0.318. The summed E-state index contributed by atoms with van der Waals surface area (Å²) in [5.41, 5.74) is 3.53. The number of aromatic nitrogens is 1. The molecule has 1 aromatic heterocycles. The zero-order valence-electron chi connectivity index (χ0n) is 18.4. The van der Waals surface area contributed by atoms with Crippen molar-refractivity contribution < 1.29 is 9.53 Å². The Hall–Kier alpha value is -2.50. The molecule has 1 aromatic carbocycles. The Morgan fingerprint density at radius 2 is 2.03 bits per heavy atom. The van der Waals surface area contributed by atoms with Gasteiger partial charge in [-0.25, -0.2) is 0 Å². The molecule has 0 saturated carbocycles. The SMILES string of the molecule is C/C(=C\c1ccccc1)CN1CCC[C@H]([C@H](NC(=O)[C@H]2CCCO2)c2ccccn2)C1. The fourth-order valence-electron chi connectivity index (χ4n) is 4.76. The number of amides is 1. The first kappa shape index (κ1) is 21.7. The summed E-state index contributed by atoms with van der Waals surface area (Å²) in [6, 6.07) is 16.3. The highest BCUT2D eigenvalue weighted by molar-refractivity contribution is 5.81. The highest BCUT2D eigenvalue weighted by atomic mass is 16.5. The van der Waals surface area contributed by atoms with Gasteiger partial charge in [-0.05, 0) is 62.8 Å². The molecule has 5 heteroatoms. The van der Waals surface area contributed by atoms with Crippen molar-refractivity contribution in [3.8, 4) is 0 Å². The molecule has 2 aliphatic rings. The molecule has 4 rings (SSSR count). The van der Waals surface area contributed by atoms with Crippen LogP contribution in [0.3, 0.4) is 0 Å². The number of hydrogen-bond donors (Lipinski definition) is 1. The molecule has 0 aliphatic carbocycles. The maximum Gasteiger partial charge on any atom is 0.249 e. The molecule has 0 spiro atoms. The predicted molar refractivity (Wildman–Crippen MR) is 123 cm³/mol. The van der Waals surface area contributed by atoms with E-state index in [2.05, 4.69) is 52.5 Å². The summed E-state index contributed by atoms with van der Waals surface area (Å²) in [7, 11) is 0. The summed E-state index contributed by atoms with van der Waals surface area (Å²) in [6.07, 6.45) is 7.74. The van der Waals surface area contributed by atoms with Crippen LogP contribution in [0.2, 0.25) is 0 Å². The van der Waals surface area contributed by atoms with Crippen LogP contribution >= 0.6 is 0 Å². The third kappa shape index (κ3) is 6.02. The summed E-state index contributed by atoms with van der Waals surface area (Å²) in [6.45, 7) is 5.86. The number of carbonyl (C=O) groups excluding carboxylic acids is 1. The number of rotatable bonds is 7. The average molecular weight is 420 g/mol. The minimum Gasteiger partial charge on any atom is -0.368 e. The van der Waals surface area contributed by atoms with Crippen molar-refractivity contribution in [2.45, 2.75) is 44.8 Å². The second kappa shape index (κ2) is 10.7. The lowest BCUT2D eigenvalue weighted by Crippen LogP contribution is -2.45. The van der Waals surface area contributed by atoms with Gasteiger partial charge in [-0.3, -0.25) is 14.7 Å². The fourth-order valence-corrected chi connectivity index (χ4v) is 4.76. The maximum absolute atomic E-state index is 12.8. The number of nitrogens with one attached hydrogen (secondary N) is 1. The Morgan fingerprint density at radius 3 is 2.77 bits per heavy atom. The molecule has 1 amide bonds. The first-order valence-electron chi connectivity index (χ1n) is 11.5. The Morgan fingerprint density at radius 1 is 1.19 bits per heavy atom. The van der Waals surface area contributed by atoms with Crippen molar-refractivity contribution in [2.75, 3.05) is 26.2 Å². The summed E-state index contributed by atoms with van der Waals surface area (Å²) in [5.74, 6) is 0.337. The van der Waals surface area contributed by atoms with Crippen molar-refractivity contribution >= 4 is 12.0 Å². The van der Waals surface area contributed by atoms with Crippen LogP contribution in [-0.2, 0) is 9.53 Å². The molecule has 3 heterocycles. The second-order valence-electron chi connectivity index (χ2n) is 8.78. The number of likely N-dealkylation sites (tertiary alicyclic amines) is 1. The number of ether oxygens (including phenoxy) is 1. The van der Waals surface area contributed by atoms with Crippen LogP contribution in [0.4, 0.5) is 0 Å². The monoisotopic (exact) mass is 419 g/mol. The van der Waals surface area contributed by atoms with E-state index in [0.29, 0.717) is 12.5 Å². The highest BCUT2D eigenvalue weighted by Crippen LogP contribution is 2.30. The van der Waals surface area contributed by atoms with Gasteiger partial charge >= 0.3 is 0 Å². The number of piperidine rings is 1. The third-order valence-corrected chi connectivity index (χ3v) is 6.23. The van der Waals surface area contributed by atoms with Crippen molar-refractivity contribution in [1.29, 1.82) is 0 Å². The zero-order chi connectivity index (χ0) is 21.5. The van der Waals surface area contributed by atoms with Gasteiger partial charge < -0.3 is 10.1 Å². The second-order valence-corrected chi connectivity index (χ2v) is 8.78. The van der Waals surface area contributed by atoms with E-state index in [9.17, 15) is 4.79 Å². The summed E-state index contributed by atoms with van der Waals surface area (Å²) in [5, 5.41) is 3.29. The molecule has 2 aromatic rings. The average Bonchev–Trinajstić information content (AvgIpc) is 3.34. The molecule has 0 unspecified atom stereocenters. The van der Waals surface area contributed by atoms with Gasteiger partial charge in [-0.1, -0.05) is 48.0 Å². The van der Waals surface area contributed by atoms with E-state index in [1.807, 2.05) is 30.5 Å². The standard InChI is InChI=1S/C26H33N3O2/c1-20(17-21-9-3-2-4-10-21)18-29-15-7-11-22(19-29)25(23-12-5-6-14-27-23)28-26(30)24-13-8-16-31-24/h2-6,9-10,12,14,17,22,24-25H,7-8,11,13,15-16,18-19H2,1H3,(H,28,30)/b20-17+/t22-,24+,25-/m0/s1. The minimum absolute atomic E-state index is 0.00503. The van der Waals surface area contributed by atoms with E-state index in [4.69, 9.17) is 4.74 Å². The van der Waals surface area contributed by atoms with Gasteiger partial charge in [0.15, 0.2) is 0 Å². The normalized spacial score (nSPS) is 23.5. The summed E-state index contributed by atoms with van der Waals surface area (Å²) >= 11 is 0. The molecule has 5 nitrogen and oxygen atoms in total. The number of hydrogen-bond acceptors (Lipinski definition) is 4. The molecule has 0 radical (unpaired) electrons. The van der Waals surface area contributed by atoms with E-state index in [1.54, 1.807) is 0 Å². The highest BCUT2D eigenvalue weighted by Gasteiger charge is 2.33. The molecular weight excluding hydrogens is 386 g/mol. The maximum atomic E-state index is 12.8. The number of nitrogens with zero attached hydrogens (tertiary/aromatic N) is 2. The molecular formula is C26H33N3O2. The van der Waals surface area contributed by atoms with Crippen LogP contribution in [0.25, 0.3) is 6.08 Å². The molecule has 1 N–H and O–H groups in total. The van der Waals surface area contributed by atoms with E-state index in [1.165, 1.54) is 11.1 Å². The van der Waals surface area contributed by atoms with Gasteiger partial charge in [0.25, 0.3) is 0 Å². The lowest BCUT2D eigenvalue weighted by Gasteiger charge is -2.37. The van der Waals surface area contributed by atoms with Crippen LogP contribution in [0.1, 0.15) is 49.9 Å². The molecule has 0 bridgehead atoms. The molecule has 2 saturated heterocycles. The van der Waals surface area contributed by atoms with Crippen LogP contribution in [0.5, 0.6) is 0 Å². The molecule has 31 heavy (non-hydrogen) atoms. The Kier molecular flexibility index (Phi) is 7.49.